The molecule has 0 unspecified atom stereocenters. The lowest BCUT2D eigenvalue weighted by Gasteiger charge is -2.06. The summed E-state index contributed by atoms with van der Waals surface area (Å²) in [7, 11) is -3.62. The molecule has 0 aliphatic carbocycles. The third kappa shape index (κ3) is 2.46. The molecular formula is C8H10N4O2S3. The van der Waals surface area contributed by atoms with Crippen molar-refractivity contribution in [3.8, 4) is 0 Å². The molecule has 92 valence electrons. The predicted molar refractivity (Wildman–Crippen MR) is 67.7 cm³/mol. The summed E-state index contributed by atoms with van der Waals surface area (Å²) in [6.45, 7) is 1.94. The van der Waals surface area contributed by atoms with Gasteiger partial charge in [0.25, 0.3) is 10.0 Å². The Labute approximate surface area is 107 Å². The Bertz CT molecular complexity index is 603. The van der Waals surface area contributed by atoms with Crippen molar-refractivity contribution in [2.45, 2.75) is 18.4 Å². The lowest BCUT2D eigenvalue weighted by atomic mass is 10.3. The number of sulfonamides is 1. The van der Waals surface area contributed by atoms with Crippen LogP contribution in [-0.4, -0.2) is 18.6 Å². The van der Waals surface area contributed by atoms with Crippen LogP contribution in [0.5, 0.6) is 0 Å². The van der Waals surface area contributed by atoms with Gasteiger partial charge in [-0.25, -0.2) is 8.42 Å². The molecule has 0 saturated heterocycles. The topological polar surface area (TPSA) is 98.0 Å². The number of hydrogen-bond donors (Lipinski definition) is 2. The van der Waals surface area contributed by atoms with E-state index in [-0.39, 0.29) is 16.6 Å². The maximum atomic E-state index is 12.1. The molecule has 6 nitrogen and oxygen atoms in total. The Morgan fingerprint density at radius 2 is 2.24 bits per heavy atom. The zero-order valence-electron chi connectivity index (χ0n) is 8.87. The van der Waals surface area contributed by atoms with Crippen molar-refractivity contribution in [1.29, 1.82) is 0 Å². The molecule has 3 N–H and O–H groups in total. The van der Waals surface area contributed by atoms with Gasteiger partial charge in [0, 0.05) is 11.4 Å². The van der Waals surface area contributed by atoms with Crippen molar-refractivity contribution < 1.29 is 8.42 Å². The fourth-order valence-corrected chi connectivity index (χ4v) is 4.77. The smallest absolute Gasteiger partial charge is 0.265 e. The second-order valence-corrected chi connectivity index (χ2v) is 6.64. The lowest BCUT2D eigenvalue weighted by Crippen LogP contribution is -2.15. The van der Waals surface area contributed by atoms with Crippen LogP contribution < -0.4 is 10.5 Å². The van der Waals surface area contributed by atoms with Crippen molar-refractivity contribution in [2.75, 3.05) is 4.72 Å². The number of hydrogen-bond acceptors (Lipinski definition) is 7. The molecule has 0 fully saturated rings. The van der Waals surface area contributed by atoms with Gasteiger partial charge in [-0.05, 0) is 17.9 Å². The van der Waals surface area contributed by atoms with E-state index in [9.17, 15) is 8.42 Å². The molecule has 9 heteroatoms. The minimum absolute atomic E-state index is 0.199. The Kier molecular flexibility index (Phi) is 3.43. The van der Waals surface area contributed by atoms with E-state index in [1.54, 1.807) is 12.3 Å². The molecule has 0 aromatic carbocycles. The Morgan fingerprint density at radius 3 is 2.82 bits per heavy atom. The lowest BCUT2D eigenvalue weighted by molar-refractivity contribution is 0.600. The van der Waals surface area contributed by atoms with Crippen LogP contribution in [0.2, 0.25) is 0 Å². The van der Waals surface area contributed by atoms with Crippen LogP contribution in [0.3, 0.4) is 0 Å². The molecule has 2 rings (SSSR count). The summed E-state index contributed by atoms with van der Waals surface area (Å²) in [4.78, 5) is 0.889. The van der Waals surface area contributed by atoms with Crippen LogP contribution >= 0.6 is 22.7 Å². The van der Waals surface area contributed by atoms with Gasteiger partial charge in [-0.2, -0.15) is 0 Å². The molecule has 0 radical (unpaired) electrons. The number of thiophene rings is 1. The quantitative estimate of drug-likeness (QED) is 0.880. The van der Waals surface area contributed by atoms with Gasteiger partial charge in [-0.1, -0.05) is 11.3 Å². The first kappa shape index (κ1) is 12.4. The molecule has 0 saturated carbocycles. The standard InChI is InChI=1S/C8H10N4O2S3/c1-5-3-15-6(2-9)7(5)17(13,14)12-8-11-10-4-16-8/h3-4H,2,9H2,1H3,(H,11,12). The van der Waals surface area contributed by atoms with Crippen LogP contribution in [0.1, 0.15) is 10.4 Å². The summed E-state index contributed by atoms with van der Waals surface area (Å²) in [6.07, 6.45) is 0. The van der Waals surface area contributed by atoms with Gasteiger partial charge in [0.15, 0.2) is 0 Å². The normalized spacial score (nSPS) is 11.6. The van der Waals surface area contributed by atoms with Gasteiger partial charge in [0.05, 0.1) is 0 Å². The number of rotatable bonds is 4. The molecule has 0 atom stereocenters. The summed E-state index contributed by atoms with van der Waals surface area (Å²) in [5.74, 6) is 0. The second kappa shape index (κ2) is 4.69. The van der Waals surface area contributed by atoms with Gasteiger partial charge >= 0.3 is 0 Å². The predicted octanol–water partition coefficient (Wildman–Crippen LogP) is 1.17. The van der Waals surface area contributed by atoms with Crippen molar-refractivity contribution in [3.63, 3.8) is 0 Å². The van der Waals surface area contributed by atoms with Gasteiger partial charge in [-0.3, -0.25) is 4.72 Å². The Balaban J connectivity index is 2.41. The summed E-state index contributed by atoms with van der Waals surface area (Å²) in [5, 5.41) is 9.24. The minimum Gasteiger partial charge on any atom is -0.326 e. The number of nitrogens with one attached hydrogen (secondary N) is 1. The highest BCUT2D eigenvalue weighted by atomic mass is 32.2. The Hall–Kier alpha value is -1.03. The zero-order valence-corrected chi connectivity index (χ0v) is 11.3. The molecule has 0 spiro atoms. The maximum absolute atomic E-state index is 12.1. The highest BCUT2D eigenvalue weighted by Crippen LogP contribution is 2.28. The average Bonchev–Trinajstić information content (AvgIpc) is 2.86. The summed E-state index contributed by atoms with van der Waals surface area (Å²) >= 11 is 2.46. The monoisotopic (exact) mass is 290 g/mol. The minimum atomic E-state index is -3.62. The average molecular weight is 290 g/mol. The maximum Gasteiger partial charge on any atom is 0.265 e. The van der Waals surface area contributed by atoms with Gasteiger partial charge in [0.1, 0.15) is 10.4 Å². The van der Waals surface area contributed by atoms with Crippen LogP contribution in [-0.2, 0) is 16.6 Å². The molecule has 0 amide bonds. The second-order valence-electron chi connectivity index (χ2n) is 3.22. The molecule has 0 aliphatic heterocycles. The van der Waals surface area contributed by atoms with E-state index < -0.39 is 10.0 Å². The van der Waals surface area contributed by atoms with Crippen LogP contribution in [0.25, 0.3) is 0 Å². The molecule has 2 heterocycles. The summed E-state index contributed by atoms with van der Waals surface area (Å²) < 4.78 is 26.7. The summed E-state index contributed by atoms with van der Waals surface area (Å²) in [6, 6.07) is 0. The molecule has 0 aliphatic rings. The van der Waals surface area contributed by atoms with E-state index in [0.29, 0.717) is 10.4 Å². The van der Waals surface area contributed by atoms with Crippen molar-refractivity contribution in [1.82, 2.24) is 10.2 Å². The molecule has 2 aromatic rings. The Morgan fingerprint density at radius 1 is 1.47 bits per heavy atom. The number of aromatic nitrogens is 2. The van der Waals surface area contributed by atoms with Crippen molar-refractivity contribution in [3.05, 3.63) is 21.3 Å². The number of aryl methyl sites for hydroxylation is 1. The first-order valence-electron chi connectivity index (χ1n) is 4.60. The molecule has 2 aromatic heterocycles. The fraction of sp³-hybridized carbons (Fsp3) is 0.250. The molecular weight excluding hydrogens is 280 g/mol. The van der Waals surface area contributed by atoms with E-state index in [2.05, 4.69) is 14.9 Å². The van der Waals surface area contributed by atoms with E-state index in [1.165, 1.54) is 16.8 Å². The molecule has 17 heavy (non-hydrogen) atoms. The number of nitrogens with zero attached hydrogens (tertiary/aromatic N) is 2. The largest absolute Gasteiger partial charge is 0.326 e. The van der Waals surface area contributed by atoms with Gasteiger partial charge < -0.3 is 5.73 Å². The van der Waals surface area contributed by atoms with E-state index in [0.717, 1.165) is 11.3 Å². The first-order valence-corrected chi connectivity index (χ1v) is 7.85. The van der Waals surface area contributed by atoms with Crippen molar-refractivity contribution in [2.24, 2.45) is 5.73 Å². The zero-order chi connectivity index (χ0) is 12.5. The van der Waals surface area contributed by atoms with Crippen LogP contribution in [0.15, 0.2) is 15.8 Å². The highest BCUT2D eigenvalue weighted by molar-refractivity contribution is 7.93. The summed E-state index contributed by atoms with van der Waals surface area (Å²) in [5.41, 5.74) is 7.67. The van der Waals surface area contributed by atoms with Gasteiger partial charge in [0.2, 0.25) is 5.13 Å². The van der Waals surface area contributed by atoms with Crippen molar-refractivity contribution >= 4 is 37.8 Å². The third-order valence-corrected chi connectivity index (χ3v) is 5.58. The molecule has 0 bridgehead atoms. The van der Waals surface area contributed by atoms with Crippen LogP contribution in [0.4, 0.5) is 5.13 Å². The van der Waals surface area contributed by atoms with E-state index in [4.69, 9.17) is 5.73 Å². The van der Waals surface area contributed by atoms with Gasteiger partial charge in [-0.15, -0.1) is 21.5 Å². The number of nitrogens with two attached hydrogens (primary N) is 1. The third-order valence-electron chi connectivity index (χ3n) is 2.03. The number of anilines is 1. The highest BCUT2D eigenvalue weighted by Gasteiger charge is 2.23. The van der Waals surface area contributed by atoms with E-state index in [1.807, 2.05) is 0 Å². The van der Waals surface area contributed by atoms with Crippen LogP contribution in [0, 0.1) is 6.92 Å². The van der Waals surface area contributed by atoms with E-state index >= 15 is 0 Å². The SMILES string of the molecule is Cc1csc(CN)c1S(=O)(=O)Nc1nncs1. The first-order chi connectivity index (χ1) is 8.04. The fourth-order valence-electron chi connectivity index (χ4n) is 1.37.